The third-order valence-corrected chi connectivity index (χ3v) is 2.89. The van der Waals surface area contributed by atoms with Crippen molar-refractivity contribution >= 4 is 5.97 Å². The van der Waals surface area contributed by atoms with Crippen LogP contribution in [0.25, 0.3) is 0 Å². The number of carbonyl (C=O) groups is 1. The van der Waals surface area contributed by atoms with Gasteiger partial charge in [-0.3, -0.25) is 4.79 Å². The summed E-state index contributed by atoms with van der Waals surface area (Å²) in [6.07, 6.45) is 0. The average molecular weight is 257 g/mol. The summed E-state index contributed by atoms with van der Waals surface area (Å²) in [6, 6.07) is 4.51. The SMILES string of the molecule is CNC(C(=O)O)c1ccc(C(F)(F)C(C)C)cc1. The summed E-state index contributed by atoms with van der Waals surface area (Å²) in [7, 11) is 1.51. The molecule has 1 unspecified atom stereocenters. The fourth-order valence-electron chi connectivity index (χ4n) is 1.66. The van der Waals surface area contributed by atoms with Gasteiger partial charge in [0, 0.05) is 11.5 Å². The molecule has 0 aliphatic rings. The van der Waals surface area contributed by atoms with Gasteiger partial charge in [-0.25, -0.2) is 8.78 Å². The van der Waals surface area contributed by atoms with Gasteiger partial charge in [-0.15, -0.1) is 0 Å². The Kier molecular flexibility index (Phi) is 4.40. The molecule has 100 valence electrons. The predicted octanol–water partition coefficient (Wildman–Crippen LogP) is 2.78. The number of halogens is 2. The van der Waals surface area contributed by atoms with Gasteiger partial charge in [0.2, 0.25) is 0 Å². The van der Waals surface area contributed by atoms with Gasteiger partial charge in [0.25, 0.3) is 5.92 Å². The second kappa shape index (κ2) is 5.44. The molecular weight excluding hydrogens is 240 g/mol. The normalized spacial score (nSPS) is 13.7. The Hall–Kier alpha value is -1.49. The zero-order chi connectivity index (χ0) is 13.9. The third-order valence-electron chi connectivity index (χ3n) is 2.89. The Morgan fingerprint density at radius 1 is 1.28 bits per heavy atom. The summed E-state index contributed by atoms with van der Waals surface area (Å²) in [5.41, 5.74) is 0.356. The van der Waals surface area contributed by atoms with Crippen LogP contribution >= 0.6 is 0 Å². The molecule has 0 saturated carbocycles. The summed E-state index contributed by atoms with van der Waals surface area (Å²) in [5, 5.41) is 11.5. The van der Waals surface area contributed by atoms with Gasteiger partial charge in [-0.1, -0.05) is 38.1 Å². The molecule has 5 heteroatoms. The van der Waals surface area contributed by atoms with E-state index in [9.17, 15) is 13.6 Å². The molecular formula is C13H17F2NO2. The maximum atomic E-state index is 13.7. The molecule has 0 spiro atoms. The Bertz CT molecular complexity index is 416. The van der Waals surface area contributed by atoms with Gasteiger partial charge < -0.3 is 10.4 Å². The van der Waals surface area contributed by atoms with E-state index < -0.39 is 23.9 Å². The van der Waals surface area contributed by atoms with Crippen molar-refractivity contribution in [3.05, 3.63) is 35.4 Å². The van der Waals surface area contributed by atoms with E-state index >= 15 is 0 Å². The molecule has 1 aromatic carbocycles. The predicted molar refractivity (Wildman–Crippen MR) is 64.6 cm³/mol. The largest absolute Gasteiger partial charge is 0.480 e. The van der Waals surface area contributed by atoms with Gasteiger partial charge in [-0.05, 0) is 12.6 Å². The number of rotatable bonds is 5. The minimum Gasteiger partial charge on any atom is -0.480 e. The van der Waals surface area contributed by atoms with Crippen molar-refractivity contribution < 1.29 is 18.7 Å². The van der Waals surface area contributed by atoms with E-state index in [0.29, 0.717) is 5.56 Å². The molecule has 1 aromatic rings. The van der Waals surface area contributed by atoms with Crippen molar-refractivity contribution in [3.8, 4) is 0 Å². The maximum Gasteiger partial charge on any atom is 0.325 e. The number of nitrogens with one attached hydrogen (secondary N) is 1. The number of alkyl halides is 2. The number of carboxylic acids is 1. The lowest BCUT2D eigenvalue weighted by molar-refractivity contribution is -0.139. The molecule has 1 atom stereocenters. The van der Waals surface area contributed by atoms with Gasteiger partial charge in [0.15, 0.2) is 0 Å². The van der Waals surface area contributed by atoms with Gasteiger partial charge in [0.1, 0.15) is 6.04 Å². The van der Waals surface area contributed by atoms with E-state index in [2.05, 4.69) is 5.32 Å². The molecule has 3 nitrogen and oxygen atoms in total. The molecule has 0 aliphatic carbocycles. The lowest BCUT2D eigenvalue weighted by Gasteiger charge is -2.21. The summed E-state index contributed by atoms with van der Waals surface area (Å²) >= 11 is 0. The molecule has 18 heavy (non-hydrogen) atoms. The van der Waals surface area contributed by atoms with E-state index in [-0.39, 0.29) is 5.56 Å². The summed E-state index contributed by atoms with van der Waals surface area (Å²) in [6.45, 7) is 2.89. The summed E-state index contributed by atoms with van der Waals surface area (Å²) < 4.78 is 27.4. The lowest BCUT2D eigenvalue weighted by Crippen LogP contribution is -2.25. The van der Waals surface area contributed by atoms with E-state index in [0.717, 1.165) is 0 Å². The number of likely N-dealkylation sites (N-methyl/N-ethyl adjacent to an activating group) is 1. The van der Waals surface area contributed by atoms with Gasteiger partial charge in [-0.2, -0.15) is 0 Å². The second-order valence-electron chi connectivity index (χ2n) is 4.46. The number of aliphatic carboxylic acids is 1. The molecule has 0 amide bonds. The van der Waals surface area contributed by atoms with Crippen molar-refractivity contribution in [2.45, 2.75) is 25.8 Å². The molecule has 0 bridgehead atoms. The summed E-state index contributed by atoms with van der Waals surface area (Å²) in [5.74, 6) is -4.75. The van der Waals surface area contributed by atoms with Crippen LogP contribution in [0.4, 0.5) is 8.78 Å². The summed E-state index contributed by atoms with van der Waals surface area (Å²) in [4.78, 5) is 10.9. The number of carboxylic acid groups (broad SMARTS) is 1. The van der Waals surface area contributed by atoms with E-state index in [4.69, 9.17) is 5.11 Å². The highest BCUT2D eigenvalue weighted by molar-refractivity contribution is 5.75. The molecule has 0 aromatic heterocycles. The minimum absolute atomic E-state index is 0.0958. The highest BCUT2D eigenvalue weighted by Crippen LogP contribution is 2.35. The van der Waals surface area contributed by atoms with Crippen LogP contribution in [0, 0.1) is 5.92 Å². The fraction of sp³-hybridized carbons (Fsp3) is 0.462. The molecule has 0 fully saturated rings. The zero-order valence-corrected chi connectivity index (χ0v) is 10.6. The first-order valence-corrected chi connectivity index (χ1v) is 5.69. The first kappa shape index (κ1) is 14.6. The van der Waals surface area contributed by atoms with Crippen LogP contribution in [-0.4, -0.2) is 18.1 Å². The molecule has 0 aliphatic heterocycles. The molecule has 2 N–H and O–H groups in total. The van der Waals surface area contributed by atoms with E-state index in [1.54, 1.807) is 0 Å². The Balaban J connectivity index is 3.03. The van der Waals surface area contributed by atoms with Crippen molar-refractivity contribution in [2.75, 3.05) is 7.05 Å². The van der Waals surface area contributed by atoms with Crippen LogP contribution in [0.5, 0.6) is 0 Å². The standard InChI is InChI=1S/C13H17F2NO2/c1-8(2)13(14,15)10-6-4-9(5-7-10)11(16-3)12(17)18/h4-8,11,16H,1-3H3,(H,17,18). The van der Waals surface area contributed by atoms with Crippen molar-refractivity contribution in [1.29, 1.82) is 0 Å². The number of hydrogen-bond acceptors (Lipinski definition) is 2. The van der Waals surface area contributed by atoms with E-state index in [1.807, 2.05) is 0 Å². The van der Waals surface area contributed by atoms with Crippen molar-refractivity contribution in [2.24, 2.45) is 5.92 Å². The topological polar surface area (TPSA) is 49.3 Å². The van der Waals surface area contributed by atoms with Crippen LogP contribution < -0.4 is 5.32 Å². The van der Waals surface area contributed by atoms with Gasteiger partial charge in [0.05, 0.1) is 0 Å². The number of hydrogen-bond donors (Lipinski definition) is 2. The fourth-order valence-corrected chi connectivity index (χ4v) is 1.66. The molecule has 0 radical (unpaired) electrons. The van der Waals surface area contributed by atoms with Crippen LogP contribution in [0.1, 0.15) is 31.0 Å². The molecule has 0 heterocycles. The number of benzene rings is 1. The minimum atomic E-state index is -2.91. The van der Waals surface area contributed by atoms with Crippen LogP contribution in [0.3, 0.4) is 0 Å². The van der Waals surface area contributed by atoms with Crippen molar-refractivity contribution in [1.82, 2.24) is 5.32 Å². The Labute approximate surface area is 105 Å². The Morgan fingerprint density at radius 2 is 1.78 bits per heavy atom. The maximum absolute atomic E-state index is 13.7. The van der Waals surface area contributed by atoms with Crippen molar-refractivity contribution in [3.63, 3.8) is 0 Å². The average Bonchev–Trinajstić information content (AvgIpc) is 2.30. The van der Waals surface area contributed by atoms with E-state index in [1.165, 1.54) is 45.2 Å². The Morgan fingerprint density at radius 3 is 2.11 bits per heavy atom. The van der Waals surface area contributed by atoms with Crippen LogP contribution in [0.15, 0.2) is 24.3 Å². The quantitative estimate of drug-likeness (QED) is 0.852. The van der Waals surface area contributed by atoms with Crippen LogP contribution in [-0.2, 0) is 10.7 Å². The molecule has 0 saturated heterocycles. The van der Waals surface area contributed by atoms with Gasteiger partial charge >= 0.3 is 5.97 Å². The third kappa shape index (κ3) is 2.85. The highest BCUT2D eigenvalue weighted by Gasteiger charge is 2.35. The molecule has 1 rings (SSSR count). The highest BCUT2D eigenvalue weighted by atomic mass is 19.3. The second-order valence-corrected chi connectivity index (χ2v) is 4.46. The zero-order valence-electron chi connectivity index (χ0n) is 10.6. The first-order chi connectivity index (χ1) is 8.30. The first-order valence-electron chi connectivity index (χ1n) is 5.69. The lowest BCUT2D eigenvalue weighted by atomic mass is 9.95. The monoisotopic (exact) mass is 257 g/mol. The smallest absolute Gasteiger partial charge is 0.325 e. The van der Waals surface area contributed by atoms with Crippen LogP contribution in [0.2, 0.25) is 0 Å².